The van der Waals surface area contributed by atoms with E-state index in [1.807, 2.05) is 6.92 Å². The van der Waals surface area contributed by atoms with Gasteiger partial charge < -0.3 is 0 Å². The van der Waals surface area contributed by atoms with Gasteiger partial charge in [0.05, 0.1) is 16.8 Å². The average molecular weight is 216 g/mol. The molecule has 0 aliphatic heterocycles. The first-order chi connectivity index (χ1) is 7.72. The van der Waals surface area contributed by atoms with Crippen LogP contribution in [0.4, 0.5) is 0 Å². The molecule has 82 valence electrons. The summed E-state index contributed by atoms with van der Waals surface area (Å²) in [5.41, 5.74) is 1.92. The Kier molecular flexibility index (Phi) is 2.76. The van der Waals surface area contributed by atoms with Crippen LogP contribution in [0.2, 0.25) is 0 Å². The molecule has 0 spiro atoms. The fourth-order valence-corrected chi connectivity index (χ4v) is 1.56. The summed E-state index contributed by atoms with van der Waals surface area (Å²) >= 11 is 0. The molecule has 0 bridgehead atoms. The van der Waals surface area contributed by atoms with E-state index >= 15 is 0 Å². The molecule has 0 aliphatic carbocycles. The molecule has 16 heavy (non-hydrogen) atoms. The lowest BCUT2D eigenvalue weighted by Crippen LogP contribution is -2.04. The minimum Gasteiger partial charge on any atom is -0.288 e. The Morgan fingerprint density at radius 3 is 2.69 bits per heavy atom. The lowest BCUT2D eigenvalue weighted by Gasteiger charge is -1.98. The second-order valence-corrected chi connectivity index (χ2v) is 3.47. The van der Waals surface area contributed by atoms with Gasteiger partial charge in [-0.15, -0.1) is 0 Å². The van der Waals surface area contributed by atoms with E-state index in [0.717, 1.165) is 12.1 Å². The van der Waals surface area contributed by atoms with Crippen molar-refractivity contribution in [3.8, 4) is 0 Å². The third kappa shape index (κ3) is 1.84. The molecule has 2 heterocycles. The number of carbonyl (C=O) groups is 1. The molecule has 0 amide bonds. The highest BCUT2D eigenvalue weighted by Crippen LogP contribution is 2.12. The first-order valence-corrected chi connectivity index (χ1v) is 5.04. The summed E-state index contributed by atoms with van der Waals surface area (Å²) in [6, 6.07) is 0. The van der Waals surface area contributed by atoms with Crippen LogP contribution in [-0.2, 0) is 13.5 Å². The number of hydrogen-bond donors (Lipinski definition) is 0. The Morgan fingerprint density at radius 1 is 1.38 bits per heavy atom. The van der Waals surface area contributed by atoms with E-state index in [-0.39, 0.29) is 5.78 Å². The topological polar surface area (TPSA) is 60.7 Å². The van der Waals surface area contributed by atoms with Gasteiger partial charge in [0, 0.05) is 25.6 Å². The third-order valence-electron chi connectivity index (χ3n) is 2.31. The van der Waals surface area contributed by atoms with Gasteiger partial charge in [-0.3, -0.25) is 9.48 Å². The largest absolute Gasteiger partial charge is 0.288 e. The summed E-state index contributed by atoms with van der Waals surface area (Å²) in [5, 5.41) is 4.23. The van der Waals surface area contributed by atoms with Gasteiger partial charge in [0.2, 0.25) is 0 Å². The molecule has 0 radical (unpaired) electrons. The van der Waals surface area contributed by atoms with E-state index < -0.39 is 0 Å². The highest BCUT2D eigenvalue weighted by molar-refractivity contribution is 6.09. The lowest BCUT2D eigenvalue weighted by atomic mass is 10.1. The van der Waals surface area contributed by atoms with Crippen LogP contribution in [0.1, 0.15) is 28.5 Å². The summed E-state index contributed by atoms with van der Waals surface area (Å²) in [4.78, 5) is 19.8. The molecule has 0 aliphatic rings. The monoisotopic (exact) mass is 216 g/mol. The summed E-state index contributed by atoms with van der Waals surface area (Å²) < 4.78 is 1.65. The molecule has 2 aromatic rings. The van der Waals surface area contributed by atoms with Gasteiger partial charge >= 0.3 is 0 Å². The first-order valence-electron chi connectivity index (χ1n) is 5.04. The molecule has 0 aromatic carbocycles. The van der Waals surface area contributed by atoms with Gasteiger partial charge in [-0.2, -0.15) is 5.10 Å². The predicted molar refractivity (Wildman–Crippen MR) is 58.1 cm³/mol. The second kappa shape index (κ2) is 4.22. The van der Waals surface area contributed by atoms with Crippen LogP contribution in [0.3, 0.4) is 0 Å². The van der Waals surface area contributed by atoms with Crippen molar-refractivity contribution in [3.63, 3.8) is 0 Å². The van der Waals surface area contributed by atoms with Crippen LogP contribution < -0.4 is 0 Å². The molecule has 5 heteroatoms. The van der Waals surface area contributed by atoms with Crippen molar-refractivity contribution in [2.75, 3.05) is 0 Å². The van der Waals surface area contributed by atoms with Crippen molar-refractivity contribution >= 4 is 5.78 Å². The van der Waals surface area contributed by atoms with Crippen LogP contribution in [0.15, 0.2) is 24.9 Å². The summed E-state index contributed by atoms with van der Waals surface area (Å²) in [7, 11) is 1.80. The highest BCUT2D eigenvalue weighted by Gasteiger charge is 2.16. The van der Waals surface area contributed by atoms with Crippen molar-refractivity contribution < 1.29 is 4.79 Å². The number of ketones is 1. The van der Waals surface area contributed by atoms with Crippen LogP contribution >= 0.6 is 0 Å². The van der Waals surface area contributed by atoms with E-state index in [1.165, 1.54) is 18.7 Å². The predicted octanol–water partition coefficient (Wildman–Crippen LogP) is 1.00. The quantitative estimate of drug-likeness (QED) is 0.718. The van der Waals surface area contributed by atoms with Crippen LogP contribution in [0.25, 0.3) is 0 Å². The minimum atomic E-state index is -0.0782. The van der Waals surface area contributed by atoms with Crippen molar-refractivity contribution in [1.29, 1.82) is 0 Å². The number of aromatic nitrogens is 4. The second-order valence-electron chi connectivity index (χ2n) is 3.47. The Morgan fingerprint density at radius 2 is 2.06 bits per heavy atom. The van der Waals surface area contributed by atoms with Crippen LogP contribution in [0, 0.1) is 0 Å². The van der Waals surface area contributed by atoms with Crippen LogP contribution in [0.5, 0.6) is 0 Å². The molecule has 0 saturated heterocycles. The van der Waals surface area contributed by atoms with E-state index in [2.05, 4.69) is 15.1 Å². The molecule has 0 saturated carbocycles. The Hall–Kier alpha value is -2.04. The number of carbonyl (C=O) groups excluding carboxylic acids is 1. The summed E-state index contributed by atoms with van der Waals surface area (Å²) in [6.45, 7) is 1.97. The fourth-order valence-electron chi connectivity index (χ4n) is 1.56. The zero-order valence-corrected chi connectivity index (χ0v) is 9.21. The number of aryl methyl sites for hydroxylation is 2. The van der Waals surface area contributed by atoms with Gasteiger partial charge in [0.1, 0.15) is 6.33 Å². The van der Waals surface area contributed by atoms with Gasteiger partial charge in [-0.05, 0) is 6.42 Å². The van der Waals surface area contributed by atoms with Crippen molar-refractivity contribution in [1.82, 2.24) is 19.7 Å². The fraction of sp³-hybridized carbons (Fsp3) is 0.273. The zero-order valence-electron chi connectivity index (χ0n) is 9.21. The van der Waals surface area contributed by atoms with Crippen LogP contribution in [-0.4, -0.2) is 25.5 Å². The standard InChI is InChI=1S/C11H12N4O/c1-3-10-9(6-15(2)14-10)11(16)8-4-12-7-13-5-8/h4-7H,3H2,1-2H3. The molecular formula is C11H12N4O. The number of nitrogens with zero attached hydrogens (tertiary/aromatic N) is 4. The Bertz CT molecular complexity index is 504. The molecular weight excluding hydrogens is 204 g/mol. The molecule has 0 N–H and O–H groups in total. The molecule has 0 atom stereocenters. The summed E-state index contributed by atoms with van der Waals surface area (Å²) in [5.74, 6) is -0.0782. The molecule has 2 rings (SSSR count). The average Bonchev–Trinajstić information content (AvgIpc) is 2.70. The van der Waals surface area contributed by atoms with Gasteiger partial charge in [-0.1, -0.05) is 6.92 Å². The van der Waals surface area contributed by atoms with Crippen molar-refractivity contribution in [2.24, 2.45) is 7.05 Å². The maximum atomic E-state index is 12.1. The number of rotatable bonds is 3. The molecule has 0 unspecified atom stereocenters. The Labute approximate surface area is 93.2 Å². The molecule has 0 fully saturated rings. The Balaban J connectivity index is 2.41. The normalized spacial score (nSPS) is 10.4. The summed E-state index contributed by atoms with van der Waals surface area (Å²) in [6.07, 6.45) is 6.90. The molecule has 2 aromatic heterocycles. The van der Waals surface area contributed by atoms with E-state index in [4.69, 9.17) is 0 Å². The third-order valence-corrected chi connectivity index (χ3v) is 2.31. The van der Waals surface area contributed by atoms with E-state index in [0.29, 0.717) is 11.1 Å². The van der Waals surface area contributed by atoms with Gasteiger partial charge in [0.25, 0.3) is 0 Å². The minimum absolute atomic E-state index is 0.0782. The number of hydrogen-bond acceptors (Lipinski definition) is 4. The first kappa shape index (κ1) is 10.5. The van der Waals surface area contributed by atoms with E-state index in [1.54, 1.807) is 17.9 Å². The van der Waals surface area contributed by atoms with E-state index in [9.17, 15) is 4.79 Å². The smallest absolute Gasteiger partial charge is 0.199 e. The zero-order chi connectivity index (χ0) is 11.5. The van der Waals surface area contributed by atoms with Gasteiger partial charge in [0.15, 0.2) is 5.78 Å². The maximum absolute atomic E-state index is 12.1. The lowest BCUT2D eigenvalue weighted by molar-refractivity contribution is 0.103. The maximum Gasteiger partial charge on any atom is 0.199 e. The van der Waals surface area contributed by atoms with Gasteiger partial charge in [-0.25, -0.2) is 9.97 Å². The van der Waals surface area contributed by atoms with Crippen molar-refractivity contribution in [3.05, 3.63) is 41.7 Å². The molecule has 5 nitrogen and oxygen atoms in total. The van der Waals surface area contributed by atoms with Crippen molar-refractivity contribution in [2.45, 2.75) is 13.3 Å². The SMILES string of the molecule is CCc1nn(C)cc1C(=O)c1cncnc1. The highest BCUT2D eigenvalue weighted by atomic mass is 16.1.